The van der Waals surface area contributed by atoms with E-state index < -0.39 is 0 Å². The largest absolute Gasteiger partial charge is 0.354 e. The maximum absolute atomic E-state index is 11.7. The van der Waals surface area contributed by atoms with E-state index in [1.54, 1.807) is 12.4 Å². The number of amides is 1. The van der Waals surface area contributed by atoms with Crippen molar-refractivity contribution in [1.29, 1.82) is 0 Å². The van der Waals surface area contributed by atoms with Gasteiger partial charge in [0.2, 0.25) is 5.95 Å². The summed E-state index contributed by atoms with van der Waals surface area (Å²) >= 11 is 0. The van der Waals surface area contributed by atoms with E-state index in [9.17, 15) is 4.79 Å². The summed E-state index contributed by atoms with van der Waals surface area (Å²) < 4.78 is 0. The van der Waals surface area contributed by atoms with Crippen LogP contribution in [0.4, 0.5) is 5.95 Å². The fourth-order valence-corrected chi connectivity index (χ4v) is 1.61. The average molecular weight is 279 g/mol. The van der Waals surface area contributed by atoms with Crippen molar-refractivity contribution in [2.75, 3.05) is 39.0 Å². The number of hydrogen-bond acceptors (Lipinski definition) is 5. The van der Waals surface area contributed by atoms with Gasteiger partial charge in [0.15, 0.2) is 0 Å². The molecule has 0 unspecified atom stereocenters. The smallest absolute Gasteiger partial charge is 0.254 e. The molecule has 0 spiro atoms. The van der Waals surface area contributed by atoms with E-state index in [2.05, 4.69) is 32.4 Å². The maximum Gasteiger partial charge on any atom is 0.254 e. The van der Waals surface area contributed by atoms with Gasteiger partial charge in [-0.3, -0.25) is 4.79 Å². The van der Waals surface area contributed by atoms with Crippen LogP contribution in [-0.4, -0.2) is 54.5 Å². The quantitative estimate of drug-likeness (QED) is 0.668. The molecule has 0 aliphatic rings. The van der Waals surface area contributed by atoms with Gasteiger partial charge in [0.1, 0.15) is 0 Å². The number of aromatic nitrogens is 2. The fraction of sp³-hybridized carbons (Fsp3) is 0.643. The Morgan fingerprint density at radius 1 is 1.20 bits per heavy atom. The molecule has 0 bridgehead atoms. The third-order valence-electron chi connectivity index (χ3n) is 2.80. The molecule has 0 aromatic carbocycles. The number of rotatable bonds is 9. The molecule has 1 heterocycles. The Kier molecular flexibility index (Phi) is 7.57. The molecule has 1 rings (SSSR count). The molecule has 0 fully saturated rings. The van der Waals surface area contributed by atoms with E-state index in [1.165, 1.54) is 0 Å². The summed E-state index contributed by atoms with van der Waals surface area (Å²) in [7, 11) is 4.09. The van der Waals surface area contributed by atoms with E-state index in [1.807, 2.05) is 14.1 Å². The molecule has 1 amide bonds. The highest BCUT2D eigenvalue weighted by Gasteiger charge is 2.06. The van der Waals surface area contributed by atoms with Crippen LogP contribution >= 0.6 is 0 Å². The molecule has 0 atom stereocenters. The Morgan fingerprint density at radius 3 is 2.50 bits per heavy atom. The van der Waals surface area contributed by atoms with Gasteiger partial charge in [0, 0.05) is 25.5 Å². The topological polar surface area (TPSA) is 70.2 Å². The molecule has 6 nitrogen and oxygen atoms in total. The van der Waals surface area contributed by atoms with Gasteiger partial charge < -0.3 is 15.5 Å². The summed E-state index contributed by atoms with van der Waals surface area (Å²) in [6.45, 7) is 4.62. The lowest BCUT2D eigenvalue weighted by Gasteiger charge is -2.09. The third-order valence-corrected chi connectivity index (χ3v) is 2.80. The van der Waals surface area contributed by atoms with Gasteiger partial charge >= 0.3 is 0 Å². The monoisotopic (exact) mass is 279 g/mol. The second-order valence-corrected chi connectivity index (χ2v) is 4.99. The number of carbonyl (C=O) groups excluding carboxylic acids is 1. The van der Waals surface area contributed by atoms with Gasteiger partial charge in [-0.2, -0.15) is 0 Å². The van der Waals surface area contributed by atoms with E-state index in [4.69, 9.17) is 0 Å². The predicted molar refractivity (Wildman–Crippen MR) is 80.9 cm³/mol. The van der Waals surface area contributed by atoms with E-state index in [-0.39, 0.29) is 5.91 Å². The van der Waals surface area contributed by atoms with Crippen molar-refractivity contribution >= 4 is 11.9 Å². The maximum atomic E-state index is 11.7. The first-order chi connectivity index (χ1) is 9.63. The Hall–Kier alpha value is -1.69. The van der Waals surface area contributed by atoms with Gasteiger partial charge in [-0.25, -0.2) is 9.97 Å². The van der Waals surface area contributed by atoms with Crippen molar-refractivity contribution < 1.29 is 4.79 Å². The van der Waals surface area contributed by atoms with E-state index in [0.717, 1.165) is 32.4 Å². The van der Waals surface area contributed by atoms with Crippen molar-refractivity contribution in [3.63, 3.8) is 0 Å². The van der Waals surface area contributed by atoms with Crippen LogP contribution in [-0.2, 0) is 0 Å². The highest BCUT2D eigenvalue weighted by atomic mass is 16.1. The van der Waals surface area contributed by atoms with E-state index in [0.29, 0.717) is 18.1 Å². The Labute approximate surface area is 121 Å². The zero-order valence-corrected chi connectivity index (χ0v) is 12.6. The minimum atomic E-state index is -0.113. The Balaban J connectivity index is 2.34. The van der Waals surface area contributed by atoms with Crippen LogP contribution in [0.15, 0.2) is 12.4 Å². The third kappa shape index (κ3) is 6.47. The fourth-order valence-electron chi connectivity index (χ4n) is 1.61. The average Bonchev–Trinajstić information content (AvgIpc) is 2.44. The molecule has 20 heavy (non-hydrogen) atoms. The zero-order valence-electron chi connectivity index (χ0n) is 12.6. The van der Waals surface area contributed by atoms with Crippen molar-refractivity contribution in [3.8, 4) is 0 Å². The molecule has 0 aliphatic heterocycles. The second-order valence-electron chi connectivity index (χ2n) is 4.99. The number of unbranched alkanes of at least 4 members (excludes halogenated alkanes) is 1. The lowest BCUT2D eigenvalue weighted by molar-refractivity contribution is 0.0952. The first kappa shape index (κ1) is 16.4. The number of nitrogens with one attached hydrogen (secondary N) is 2. The highest BCUT2D eigenvalue weighted by Crippen LogP contribution is 2.00. The molecule has 0 saturated heterocycles. The minimum absolute atomic E-state index is 0.113. The molecule has 0 aliphatic carbocycles. The van der Waals surface area contributed by atoms with Gasteiger partial charge in [-0.15, -0.1) is 0 Å². The van der Waals surface area contributed by atoms with Crippen LogP contribution in [0.2, 0.25) is 0 Å². The molecule has 2 N–H and O–H groups in total. The van der Waals surface area contributed by atoms with Crippen molar-refractivity contribution in [3.05, 3.63) is 18.0 Å². The lowest BCUT2D eigenvalue weighted by atomic mass is 10.3. The molecule has 0 radical (unpaired) electrons. The SMILES string of the molecule is CCCCNC(=O)c1cnc(NCCCN(C)C)nc1. The number of nitrogens with zero attached hydrogens (tertiary/aromatic N) is 3. The Morgan fingerprint density at radius 2 is 1.90 bits per heavy atom. The Bertz CT molecular complexity index is 391. The highest BCUT2D eigenvalue weighted by molar-refractivity contribution is 5.93. The first-order valence-corrected chi connectivity index (χ1v) is 7.12. The van der Waals surface area contributed by atoms with Gasteiger partial charge in [-0.05, 0) is 33.5 Å². The molecule has 6 heteroatoms. The van der Waals surface area contributed by atoms with Gasteiger partial charge in [0.25, 0.3) is 5.91 Å². The van der Waals surface area contributed by atoms with E-state index >= 15 is 0 Å². The molecular weight excluding hydrogens is 254 g/mol. The second kappa shape index (κ2) is 9.25. The van der Waals surface area contributed by atoms with Crippen LogP contribution in [0.3, 0.4) is 0 Å². The van der Waals surface area contributed by atoms with Crippen molar-refractivity contribution in [2.45, 2.75) is 26.2 Å². The number of hydrogen-bond donors (Lipinski definition) is 2. The zero-order chi connectivity index (χ0) is 14.8. The summed E-state index contributed by atoms with van der Waals surface area (Å²) in [4.78, 5) is 22.2. The molecule has 0 saturated carbocycles. The normalized spacial score (nSPS) is 10.6. The summed E-state index contributed by atoms with van der Waals surface area (Å²) in [5.74, 6) is 0.450. The van der Waals surface area contributed by atoms with Crippen molar-refractivity contribution in [2.24, 2.45) is 0 Å². The number of carbonyl (C=O) groups is 1. The summed E-state index contributed by atoms with van der Waals surface area (Å²) in [6, 6.07) is 0. The lowest BCUT2D eigenvalue weighted by Crippen LogP contribution is -2.24. The summed E-state index contributed by atoms with van der Waals surface area (Å²) in [5.41, 5.74) is 0.500. The van der Waals surface area contributed by atoms with Crippen LogP contribution in [0.25, 0.3) is 0 Å². The van der Waals surface area contributed by atoms with Gasteiger partial charge in [0.05, 0.1) is 5.56 Å². The number of anilines is 1. The molecule has 1 aromatic heterocycles. The summed E-state index contributed by atoms with van der Waals surface area (Å²) in [5, 5.41) is 5.98. The molecule has 1 aromatic rings. The first-order valence-electron chi connectivity index (χ1n) is 7.12. The molecular formula is C14H25N5O. The predicted octanol–water partition coefficient (Wildman–Crippen LogP) is 1.37. The van der Waals surface area contributed by atoms with Crippen LogP contribution in [0, 0.1) is 0 Å². The molecule has 112 valence electrons. The minimum Gasteiger partial charge on any atom is -0.354 e. The van der Waals surface area contributed by atoms with Crippen LogP contribution in [0.5, 0.6) is 0 Å². The van der Waals surface area contributed by atoms with Gasteiger partial charge in [-0.1, -0.05) is 13.3 Å². The van der Waals surface area contributed by atoms with Crippen LogP contribution in [0.1, 0.15) is 36.5 Å². The van der Waals surface area contributed by atoms with Crippen LogP contribution < -0.4 is 10.6 Å². The standard InChI is InChI=1S/C14H25N5O/c1-4-5-7-15-13(20)12-10-17-14(18-11-12)16-8-6-9-19(2)3/h10-11H,4-9H2,1-3H3,(H,15,20)(H,16,17,18). The van der Waals surface area contributed by atoms with Crippen molar-refractivity contribution in [1.82, 2.24) is 20.2 Å². The summed E-state index contributed by atoms with van der Waals surface area (Å²) in [6.07, 6.45) is 6.19.